The average Bonchev–Trinajstić information content (AvgIpc) is 3.24. The molecule has 7 nitrogen and oxygen atoms in total. The Morgan fingerprint density at radius 1 is 1.06 bits per heavy atom. The fourth-order valence-electron chi connectivity index (χ4n) is 3.77. The molecule has 7 heteroatoms. The van der Waals surface area contributed by atoms with Crippen LogP contribution in [0.25, 0.3) is 16.9 Å². The third-order valence-corrected chi connectivity index (χ3v) is 5.31. The minimum Gasteiger partial charge on any atom is -0.378 e. The van der Waals surface area contributed by atoms with Crippen molar-refractivity contribution in [2.45, 2.75) is 13.5 Å². The molecule has 1 saturated heterocycles. The van der Waals surface area contributed by atoms with Crippen LogP contribution in [0.5, 0.6) is 0 Å². The van der Waals surface area contributed by atoms with Crippen LogP contribution in [-0.2, 0) is 11.3 Å². The van der Waals surface area contributed by atoms with Gasteiger partial charge in [-0.1, -0.05) is 29.8 Å². The lowest BCUT2D eigenvalue weighted by Gasteiger charge is -2.29. The van der Waals surface area contributed by atoms with Crippen LogP contribution < -0.4 is 4.90 Å². The fraction of sp³-hybridized carbons (Fsp3) is 0.250. The summed E-state index contributed by atoms with van der Waals surface area (Å²) >= 11 is 0. The minimum atomic E-state index is 0.511. The molecule has 0 aliphatic carbocycles. The number of rotatable bonds is 5. The Labute approximate surface area is 181 Å². The van der Waals surface area contributed by atoms with Gasteiger partial charge < -0.3 is 9.64 Å². The highest BCUT2D eigenvalue weighted by Crippen LogP contribution is 2.24. The predicted octanol–water partition coefficient (Wildman–Crippen LogP) is 3.56. The molecule has 31 heavy (non-hydrogen) atoms. The Bertz CT molecular complexity index is 1210. The summed E-state index contributed by atoms with van der Waals surface area (Å²) in [6, 6.07) is 16.3. The van der Waals surface area contributed by atoms with Crippen molar-refractivity contribution in [1.29, 1.82) is 0 Å². The standard InChI is InChI=1S/C24H24N6O/c1-18-3-2-4-19(13-18)16-26-17-21-14-24(29-9-11-31-12-10-29)30-23(27-21)15-22(28-30)20-5-7-25-8-6-20/h2-8,13-16H,9-12,17H2,1H3. The molecule has 0 N–H and O–H groups in total. The molecule has 0 amide bonds. The van der Waals surface area contributed by atoms with Crippen molar-refractivity contribution in [2.24, 2.45) is 4.99 Å². The number of aliphatic imine (C=N–C) groups is 1. The van der Waals surface area contributed by atoms with Gasteiger partial charge in [0.25, 0.3) is 0 Å². The lowest BCUT2D eigenvalue weighted by molar-refractivity contribution is 0.122. The Kier molecular flexibility index (Phi) is 5.41. The summed E-state index contributed by atoms with van der Waals surface area (Å²) in [5, 5.41) is 4.84. The van der Waals surface area contributed by atoms with Gasteiger partial charge in [-0.2, -0.15) is 9.61 Å². The highest BCUT2D eigenvalue weighted by Gasteiger charge is 2.18. The first kappa shape index (κ1) is 19.4. The SMILES string of the molecule is Cc1cccc(C=NCc2cc(N3CCOCC3)n3nc(-c4ccncc4)cc3n2)c1. The molecule has 4 aromatic rings. The highest BCUT2D eigenvalue weighted by atomic mass is 16.5. The maximum Gasteiger partial charge on any atom is 0.158 e. The van der Waals surface area contributed by atoms with Crippen molar-refractivity contribution in [3.05, 3.63) is 77.7 Å². The molecule has 1 aliphatic rings. The predicted molar refractivity (Wildman–Crippen MR) is 122 cm³/mol. The number of nitrogens with zero attached hydrogens (tertiary/aromatic N) is 6. The number of fused-ring (bicyclic) bond motifs is 1. The van der Waals surface area contributed by atoms with Crippen molar-refractivity contribution in [3.8, 4) is 11.3 Å². The van der Waals surface area contributed by atoms with E-state index in [0.717, 1.165) is 47.1 Å². The summed E-state index contributed by atoms with van der Waals surface area (Å²) < 4.78 is 7.47. The van der Waals surface area contributed by atoms with E-state index in [-0.39, 0.29) is 0 Å². The van der Waals surface area contributed by atoms with Gasteiger partial charge in [0, 0.05) is 49.4 Å². The molecule has 5 rings (SSSR count). The second-order valence-corrected chi connectivity index (χ2v) is 7.62. The van der Waals surface area contributed by atoms with Crippen LogP contribution >= 0.6 is 0 Å². The third-order valence-electron chi connectivity index (χ3n) is 5.31. The number of morpholine rings is 1. The quantitative estimate of drug-likeness (QED) is 0.469. The van der Waals surface area contributed by atoms with Gasteiger partial charge in [0.15, 0.2) is 5.65 Å². The van der Waals surface area contributed by atoms with Crippen molar-refractivity contribution < 1.29 is 4.74 Å². The van der Waals surface area contributed by atoms with E-state index in [2.05, 4.69) is 46.1 Å². The van der Waals surface area contributed by atoms with Crippen LogP contribution in [0.4, 0.5) is 5.82 Å². The third kappa shape index (κ3) is 4.32. The maximum absolute atomic E-state index is 5.54. The molecule has 0 bridgehead atoms. The van der Waals surface area contributed by atoms with Crippen molar-refractivity contribution >= 4 is 17.7 Å². The van der Waals surface area contributed by atoms with Crippen LogP contribution in [-0.4, -0.2) is 52.1 Å². The van der Waals surface area contributed by atoms with Gasteiger partial charge in [0.1, 0.15) is 5.82 Å². The number of aromatic nitrogens is 4. The largest absolute Gasteiger partial charge is 0.378 e. The molecule has 3 aromatic heterocycles. The summed E-state index contributed by atoms with van der Waals surface area (Å²) in [4.78, 5) is 15.9. The lowest BCUT2D eigenvalue weighted by Crippen LogP contribution is -2.37. The monoisotopic (exact) mass is 412 g/mol. The minimum absolute atomic E-state index is 0.511. The van der Waals surface area contributed by atoms with Gasteiger partial charge in [0.05, 0.1) is 31.1 Å². The van der Waals surface area contributed by atoms with Crippen molar-refractivity contribution in [1.82, 2.24) is 19.6 Å². The van der Waals surface area contributed by atoms with Gasteiger partial charge in [0.2, 0.25) is 0 Å². The van der Waals surface area contributed by atoms with Gasteiger partial charge in [-0.3, -0.25) is 9.98 Å². The summed E-state index contributed by atoms with van der Waals surface area (Å²) in [6.07, 6.45) is 5.47. The van der Waals surface area contributed by atoms with Crippen LogP contribution in [0.2, 0.25) is 0 Å². The van der Waals surface area contributed by atoms with E-state index < -0.39 is 0 Å². The Morgan fingerprint density at radius 3 is 2.71 bits per heavy atom. The fourth-order valence-corrected chi connectivity index (χ4v) is 3.77. The zero-order valence-electron chi connectivity index (χ0n) is 17.5. The Hall–Kier alpha value is -3.58. The molecule has 4 heterocycles. The second-order valence-electron chi connectivity index (χ2n) is 7.62. The van der Waals surface area contributed by atoms with E-state index in [0.29, 0.717) is 19.8 Å². The van der Waals surface area contributed by atoms with Gasteiger partial charge >= 0.3 is 0 Å². The summed E-state index contributed by atoms with van der Waals surface area (Å²) in [7, 11) is 0. The van der Waals surface area contributed by atoms with Gasteiger partial charge in [-0.15, -0.1) is 0 Å². The highest BCUT2D eigenvalue weighted by molar-refractivity contribution is 5.79. The lowest BCUT2D eigenvalue weighted by atomic mass is 10.1. The van der Waals surface area contributed by atoms with Gasteiger partial charge in [-0.25, -0.2) is 4.98 Å². The number of aryl methyl sites for hydroxylation is 1. The van der Waals surface area contributed by atoms with E-state index in [1.165, 1.54) is 5.56 Å². The van der Waals surface area contributed by atoms with E-state index in [1.807, 2.05) is 35.0 Å². The molecule has 1 aliphatic heterocycles. The van der Waals surface area contributed by atoms with E-state index in [4.69, 9.17) is 14.8 Å². The molecule has 0 spiro atoms. The molecule has 0 radical (unpaired) electrons. The molecule has 1 aromatic carbocycles. The first-order valence-corrected chi connectivity index (χ1v) is 10.5. The summed E-state index contributed by atoms with van der Waals surface area (Å²) in [5.41, 5.74) is 5.95. The van der Waals surface area contributed by atoms with Crippen LogP contribution in [0.3, 0.4) is 0 Å². The topological polar surface area (TPSA) is 67.9 Å². The number of benzene rings is 1. The number of pyridine rings is 1. The smallest absolute Gasteiger partial charge is 0.158 e. The molecular formula is C24H24N6O. The van der Waals surface area contributed by atoms with Crippen LogP contribution in [0.1, 0.15) is 16.8 Å². The molecule has 0 atom stereocenters. The first-order valence-electron chi connectivity index (χ1n) is 10.5. The Balaban J connectivity index is 1.50. The van der Waals surface area contributed by atoms with Crippen LogP contribution in [0, 0.1) is 6.92 Å². The van der Waals surface area contributed by atoms with Crippen LogP contribution in [0.15, 0.2) is 65.9 Å². The second kappa shape index (κ2) is 8.65. The first-order chi connectivity index (χ1) is 15.3. The molecule has 156 valence electrons. The van der Waals surface area contributed by atoms with Crippen molar-refractivity contribution in [2.75, 3.05) is 31.2 Å². The molecule has 0 unspecified atom stereocenters. The van der Waals surface area contributed by atoms with E-state index >= 15 is 0 Å². The van der Waals surface area contributed by atoms with Crippen molar-refractivity contribution in [3.63, 3.8) is 0 Å². The summed E-state index contributed by atoms with van der Waals surface area (Å²) in [5.74, 6) is 1.02. The zero-order valence-corrected chi connectivity index (χ0v) is 17.5. The maximum atomic E-state index is 5.54. The average molecular weight is 412 g/mol. The number of anilines is 1. The molecular weight excluding hydrogens is 388 g/mol. The molecule has 1 fully saturated rings. The van der Waals surface area contributed by atoms with E-state index in [1.54, 1.807) is 12.4 Å². The van der Waals surface area contributed by atoms with E-state index in [9.17, 15) is 0 Å². The number of ether oxygens (including phenoxy) is 1. The molecule has 0 saturated carbocycles. The Morgan fingerprint density at radius 2 is 1.90 bits per heavy atom. The normalized spacial score (nSPS) is 14.5. The number of hydrogen-bond donors (Lipinski definition) is 0. The zero-order chi connectivity index (χ0) is 21.0. The number of hydrogen-bond acceptors (Lipinski definition) is 6. The van der Waals surface area contributed by atoms with Gasteiger partial charge in [-0.05, 0) is 24.6 Å². The summed E-state index contributed by atoms with van der Waals surface area (Å²) in [6.45, 7) is 5.68.